The first kappa shape index (κ1) is 21.2. The van der Waals surface area contributed by atoms with Crippen LogP contribution >= 0.6 is 0 Å². The van der Waals surface area contributed by atoms with E-state index in [2.05, 4.69) is 40.6 Å². The number of benzene rings is 3. The van der Waals surface area contributed by atoms with E-state index in [1.807, 2.05) is 31.2 Å². The van der Waals surface area contributed by atoms with Crippen molar-refractivity contribution >= 4 is 0 Å². The van der Waals surface area contributed by atoms with Crippen molar-refractivity contribution in [3.63, 3.8) is 0 Å². The van der Waals surface area contributed by atoms with Crippen LogP contribution in [0.25, 0.3) is 34.0 Å². The van der Waals surface area contributed by atoms with Crippen LogP contribution in [0.4, 0.5) is 4.39 Å². The minimum Gasteiger partial charge on any atom is -0.334 e. The van der Waals surface area contributed by atoms with Gasteiger partial charge in [0.1, 0.15) is 5.82 Å². The Labute approximate surface area is 199 Å². The summed E-state index contributed by atoms with van der Waals surface area (Å²) in [5.41, 5.74) is 7.00. The molecule has 34 heavy (non-hydrogen) atoms. The fourth-order valence-electron chi connectivity index (χ4n) is 5.49. The van der Waals surface area contributed by atoms with Gasteiger partial charge in [0.25, 0.3) is 5.89 Å². The average molecular weight is 454 g/mol. The third kappa shape index (κ3) is 3.84. The molecule has 1 unspecified atom stereocenters. The molecule has 5 heteroatoms. The summed E-state index contributed by atoms with van der Waals surface area (Å²) in [5.74, 6) is 1.69. The maximum atomic E-state index is 14.2. The highest BCUT2D eigenvalue weighted by atomic mass is 19.1. The Bertz CT molecular complexity index is 1360. The lowest BCUT2D eigenvalue weighted by Gasteiger charge is -2.36. The molecule has 0 amide bonds. The minimum atomic E-state index is -0.227. The smallest absolute Gasteiger partial charge is 0.258 e. The molecule has 1 atom stereocenters. The van der Waals surface area contributed by atoms with E-state index in [9.17, 15) is 4.39 Å². The van der Waals surface area contributed by atoms with Crippen LogP contribution in [0.1, 0.15) is 48.9 Å². The van der Waals surface area contributed by atoms with Crippen LogP contribution < -0.4 is 5.32 Å². The number of halogens is 1. The zero-order chi connectivity index (χ0) is 23.2. The van der Waals surface area contributed by atoms with E-state index in [0.29, 0.717) is 29.4 Å². The predicted molar refractivity (Wildman–Crippen MR) is 132 cm³/mol. The number of aryl methyl sites for hydroxylation is 2. The van der Waals surface area contributed by atoms with Gasteiger partial charge >= 0.3 is 0 Å². The molecule has 0 bridgehead atoms. The van der Waals surface area contributed by atoms with Crippen LogP contribution in [-0.4, -0.2) is 16.2 Å². The van der Waals surface area contributed by atoms with Gasteiger partial charge in [0.05, 0.1) is 0 Å². The van der Waals surface area contributed by atoms with Crippen LogP contribution in [0, 0.1) is 18.7 Å². The van der Waals surface area contributed by atoms with Crippen LogP contribution in [0.3, 0.4) is 0 Å². The quantitative estimate of drug-likeness (QED) is 0.357. The van der Waals surface area contributed by atoms with Crippen molar-refractivity contribution in [3.05, 3.63) is 83.2 Å². The second-order valence-electron chi connectivity index (χ2n) is 9.88. The molecule has 1 heterocycles. The van der Waals surface area contributed by atoms with Crippen molar-refractivity contribution < 1.29 is 8.91 Å². The molecule has 3 aromatic carbocycles. The fourth-order valence-corrected chi connectivity index (χ4v) is 5.49. The summed E-state index contributed by atoms with van der Waals surface area (Å²) in [7, 11) is 0. The average Bonchev–Trinajstić information content (AvgIpc) is 3.46. The molecular weight excluding hydrogens is 425 g/mol. The van der Waals surface area contributed by atoms with Crippen LogP contribution in [0.2, 0.25) is 0 Å². The maximum Gasteiger partial charge on any atom is 0.258 e. The van der Waals surface area contributed by atoms with Gasteiger partial charge in [-0.1, -0.05) is 48.5 Å². The second kappa shape index (κ2) is 8.48. The van der Waals surface area contributed by atoms with E-state index in [1.165, 1.54) is 30.0 Å². The molecule has 0 spiro atoms. The molecule has 4 aromatic rings. The topological polar surface area (TPSA) is 51.0 Å². The van der Waals surface area contributed by atoms with Crippen molar-refractivity contribution in [3.8, 4) is 34.0 Å². The Morgan fingerprint density at radius 1 is 0.971 bits per heavy atom. The zero-order valence-electron chi connectivity index (χ0n) is 19.5. The molecule has 1 saturated carbocycles. The molecule has 1 aromatic heterocycles. The van der Waals surface area contributed by atoms with Crippen molar-refractivity contribution in [2.45, 2.75) is 51.6 Å². The number of nitrogens with zero attached hydrogens (tertiary/aromatic N) is 2. The molecule has 1 N–H and O–H groups in total. The number of rotatable bonds is 5. The van der Waals surface area contributed by atoms with Gasteiger partial charge in [0.15, 0.2) is 0 Å². The molecule has 0 aliphatic heterocycles. The molecule has 2 aliphatic rings. The Kier molecular flexibility index (Phi) is 5.30. The van der Waals surface area contributed by atoms with E-state index in [4.69, 9.17) is 4.52 Å². The summed E-state index contributed by atoms with van der Waals surface area (Å²) >= 11 is 0. The standard InChI is InChI=1S/C29H28FN3O/c1-17-13-22(14-17)31-27-12-9-19-16-20(7-11-24(19)27)28-32-29(34-33-28)21-8-10-23(18(2)15-21)25-5-3-4-6-26(25)30/h3-8,10-11,15-17,22,27,31H,9,12-14H2,1-2H3/t17-,22-,27?. The molecule has 4 nitrogen and oxygen atoms in total. The Morgan fingerprint density at radius 2 is 1.79 bits per heavy atom. The normalized spacial score (nSPS) is 21.3. The van der Waals surface area contributed by atoms with E-state index in [1.54, 1.807) is 12.1 Å². The lowest BCUT2D eigenvalue weighted by atomic mass is 9.81. The van der Waals surface area contributed by atoms with Crippen molar-refractivity contribution in [2.75, 3.05) is 0 Å². The first-order valence-electron chi connectivity index (χ1n) is 12.1. The van der Waals surface area contributed by atoms with Gasteiger partial charge in [-0.05, 0) is 85.0 Å². The van der Waals surface area contributed by atoms with Gasteiger partial charge in [0, 0.05) is 28.8 Å². The largest absolute Gasteiger partial charge is 0.334 e. The second-order valence-corrected chi connectivity index (χ2v) is 9.88. The summed E-state index contributed by atoms with van der Waals surface area (Å²) in [5, 5.41) is 8.09. The first-order chi connectivity index (χ1) is 16.5. The van der Waals surface area contributed by atoms with Crippen LogP contribution in [0.5, 0.6) is 0 Å². The highest BCUT2D eigenvalue weighted by Gasteiger charge is 2.31. The summed E-state index contributed by atoms with van der Waals surface area (Å²) in [4.78, 5) is 4.67. The number of hydrogen-bond donors (Lipinski definition) is 1. The molecular formula is C29H28FN3O. The summed E-state index contributed by atoms with van der Waals surface area (Å²) in [6.07, 6.45) is 4.80. The van der Waals surface area contributed by atoms with Crippen molar-refractivity contribution in [2.24, 2.45) is 5.92 Å². The van der Waals surface area contributed by atoms with Gasteiger partial charge < -0.3 is 9.84 Å². The maximum absolute atomic E-state index is 14.2. The van der Waals surface area contributed by atoms with Gasteiger partial charge in [-0.15, -0.1) is 0 Å². The van der Waals surface area contributed by atoms with Crippen LogP contribution in [0.15, 0.2) is 65.2 Å². The number of fused-ring (bicyclic) bond motifs is 1. The van der Waals surface area contributed by atoms with Gasteiger partial charge in [-0.3, -0.25) is 0 Å². The zero-order valence-corrected chi connectivity index (χ0v) is 19.5. The number of hydrogen-bond acceptors (Lipinski definition) is 4. The highest BCUT2D eigenvalue weighted by Crippen LogP contribution is 2.37. The monoisotopic (exact) mass is 453 g/mol. The summed E-state index contributed by atoms with van der Waals surface area (Å²) < 4.78 is 19.8. The van der Waals surface area contributed by atoms with E-state index in [-0.39, 0.29) is 5.82 Å². The van der Waals surface area contributed by atoms with E-state index < -0.39 is 0 Å². The van der Waals surface area contributed by atoms with Gasteiger partial charge in [-0.2, -0.15) is 4.98 Å². The molecule has 2 aliphatic carbocycles. The van der Waals surface area contributed by atoms with Crippen molar-refractivity contribution in [1.82, 2.24) is 15.5 Å². The van der Waals surface area contributed by atoms with Gasteiger partial charge in [-0.25, -0.2) is 4.39 Å². The molecule has 1 fully saturated rings. The van der Waals surface area contributed by atoms with E-state index in [0.717, 1.165) is 41.0 Å². The minimum absolute atomic E-state index is 0.227. The highest BCUT2D eigenvalue weighted by molar-refractivity contribution is 5.72. The predicted octanol–water partition coefficient (Wildman–Crippen LogP) is 6.89. The lowest BCUT2D eigenvalue weighted by molar-refractivity contribution is 0.222. The number of nitrogens with one attached hydrogen (secondary N) is 1. The SMILES string of the molecule is Cc1cc(-c2nc(-c3ccc4c(c3)CCC4N[C@H]3C[C@H](C)C3)no2)ccc1-c1ccccc1F. The summed E-state index contributed by atoms with van der Waals surface area (Å²) in [6.45, 7) is 4.29. The van der Waals surface area contributed by atoms with E-state index >= 15 is 0 Å². The fraction of sp³-hybridized carbons (Fsp3) is 0.310. The first-order valence-corrected chi connectivity index (χ1v) is 12.1. The molecule has 0 saturated heterocycles. The molecule has 172 valence electrons. The Morgan fingerprint density at radius 3 is 2.59 bits per heavy atom. The third-order valence-electron chi connectivity index (χ3n) is 7.35. The molecule has 6 rings (SSSR count). The van der Waals surface area contributed by atoms with Crippen LogP contribution in [-0.2, 0) is 6.42 Å². The molecule has 0 radical (unpaired) electrons. The van der Waals surface area contributed by atoms with Crippen molar-refractivity contribution in [1.29, 1.82) is 0 Å². The van der Waals surface area contributed by atoms with Gasteiger partial charge in [0.2, 0.25) is 5.82 Å². The summed E-state index contributed by atoms with van der Waals surface area (Å²) in [6, 6.07) is 20.3. The Hall–Kier alpha value is -3.31. The third-order valence-corrected chi connectivity index (χ3v) is 7.35. The Balaban J connectivity index is 1.22. The lowest BCUT2D eigenvalue weighted by Crippen LogP contribution is -2.41. The number of aromatic nitrogens is 2.